The number of carboxylic acid groups (broad SMARTS) is 1. The van der Waals surface area contributed by atoms with Gasteiger partial charge in [-0.3, -0.25) is 9.59 Å². The molecule has 1 aromatic rings. The van der Waals surface area contributed by atoms with Gasteiger partial charge in [0.2, 0.25) is 15.9 Å². The van der Waals surface area contributed by atoms with Crippen molar-refractivity contribution in [1.29, 1.82) is 0 Å². The molecule has 2 fully saturated rings. The summed E-state index contributed by atoms with van der Waals surface area (Å²) in [4.78, 5) is 26.1. The minimum Gasteiger partial charge on any atom is -0.481 e. The first kappa shape index (κ1) is 18.8. The predicted molar refractivity (Wildman–Crippen MR) is 95.9 cm³/mol. The molecule has 3 rings (SSSR count). The fraction of sp³-hybridized carbons (Fsp3) is 0.556. The number of fused-ring (bicyclic) bond motifs is 1. The van der Waals surface area contributed by atoms with Crippen LogP contribution in [0.4, 0.5) is 0 Å². The van der Waals surface area contributed by atoms with Crippen LogP contribution in [-0.4, -0.2) is 66.5 Å². The Labute approximate surface area is 153 Å². The summed E-state index contributed by atoms with van der Waals surface area (Å²) in [7, 11) is -3.43. The summed E-state index contributed by atoms with van der Waals surface area (Å²) in [6.07, 6.45) is 0.931. The van der Waals surface area contributed by atoms with Crippen LogP contribution < -0.4 is 0 Å². The lowest BCUT2D eigenvalue weighted by Crippen LogP contribution is -2.43. The fourth-order valence-corrected chi connectivity index (χ4v) is 5.16. The lowest BCUT2D eigenvalue weighted by Gasteiger charge is -2.25. The Bertz CT molecular complexity index is 795. The van der Waals surface area contributed by atoms with E-state index in [1.165, 1.54) is 4.31 Å². The molecule has 1 aromatic carbocycles. The second kappa shape index (κ2) is 7.00. The van der Waals surface area contributed by atoms with Gasteiger partial charge in [-0.25, -0.2) is 12.7 Å². The van der Waals surface area contributed by atoms with Crippen molar-refractivity contribution in [2.45, 2.75) is 19.8 Å². The topological polar surface area (TPSA) is 95.0 Å². The summed E-state index contributed by atoms with van der Waals surface area (Å²) < 4.78 is 25.5. The molecule has 0 aromatic heterocycles. The van der Waals surface area contributed by atoms with Gasteiger partial charge in [0.1, 0.15) is 5.41 Å². The number of sulfonamides is 1. The van der Waals surface area contributed by atoms with Crippen LogP contribution in [0.15, 0.2) is 30.3 Å². The van der Waals surface area contributed by atoms with Gasteiger partial charge >= 0.3 is 5.97 Å². The van der Waals surface area contributed by atoms with Crippen molar-refractivity contribution in [3.8, 4) is 0 Å². The smallest absolute Gasteiger partial charge is 0.313 e. The van der Waals surface area contributed by atoms with Crippen LogP contribution >= 0.6 is 0 Å². The summed E-state index contributed by atoms with van der Waals surface area (Å²) in [5.41, 5.74) is -0.126. The Hall–Kier alpha value is -1.93. The maximum Gasteiger partial charge on any atom is 0.313 e. The van der Waals surface area contributed by atoms with E-state index >= 15 is 0 Å². The zero-order valence-electron chi connectivity index (χ0n) is 14.8. The quantitative estimate of drug-likeness (QED) is 0.788. The molecular formula is C18H24N2O5S. The molecule has 2 heterocycles. The van der Waals surface area contributed by atoms with E-state index in [1.54, 1.807) is 11.8 Å². The molecular weight excluding hydrogens is 356 g/mol. The molecule has 2 aliphatic heterocycles. The molecule has 2 aliphatic rings. The van der Waals surface area contributed by atoms with Gasteiger partial charge in [-0.05, 0) is 18.9 Å². The molecule has 1 amide bonds. The normalized spacial score (nSPS) is 26.0. The molecule has 8 heteroatoms. The molecule has 0 bridgehead atoms. The number of amides is 1. The fourth-order valence-electron chi connectivity index (χ4n) is 3.96. The van der Waals surface area contributed by atoms with Gasteiger partial charge in [0, 0.05) is 38.5 Å². The maximum absolute atomic E-state index is 12.6. The first-order valence-corrected chi connectivity index (χ1v) is 10.4. The number of likely N-dealkylation sites (tertiary alicyclic amines) is 1. The zero-order valence-corrected chi connectivity index (χ0v) is 15.6. The number of carboxylic acids is 1. The Morgan fingerprint density at radius 1 is 1.19 bits per heavy atom. The number of carbonyl (C=O) groups excluding carboxylic acids is 1. The molecule has 0 unspecified atom stereocenters. The van der Waals surface area contributed by atoms with Crippen molar-refractivity contribution in [3.63, 3.8) is 0 Å². The Balaban J connectivity index is 1.68. The molecule has 0 aliphatic carbocycles. The van der Waals surface area contributed by atoms with E-state index in [2.05, 4.69) is 0 Å². The number of hydrogen-bond acceptors (Lipinski definition) is 4. The third-order valence-electron chi connectivity index (χ3n) is 5.58. The van der Waals surface area contributed by atoms with Crippen LogP contribution in [0, 0.1) is 11.3 Å². The van der Waals surface area contributed by atoms with Crippen molar-refractivity contribution < 1.29 is 23.1 Å². The monoisotopic (exact) mass is 380 g/mol. The molecule has 2 saturated heterocycles. The van der Waals surface area contributed by atoms with Crippen molar-refractivity contribution >= 4 is 21.9 Å². The lowest BCUT2D eigenvalue weighted by molar-refractivity contribution is -0.149. The summed E-state index contributed by atoms with van der Waals surface area (Å²) >= 11 is 0. The average Bonchev–Trinajstić information content (AvgIpc) is 3.16. The number of aliphatic carboxylic acids is 1. The molecule has 0 radical (unpaired) electrons. The second-order valence-corrected chi connectivity index (χ2v) is 9.37. The number of carbonyl (C=O) groups is 2. The van der Waals surface area contributed by atoms with Crippen LogP contribution in [-0.2, 0) is 26.0 Å². The highest BCUT2D eigenvalue weighted by Crippen LogP contribution is 2.44. The second-order valence-electron chi connectivity index (χ2n) is 7.11. The molecule has 142 valence electrons. The summed E-state index contributed by atoms with van der Waals surface area (Å²) in [6, 6.07) is 9.67. The summed E-state index contributed by atoms with van der Waals surface area (Å²) in [5, 5.41) is 9.78. The minimum atomic E-state index is -3.43. The molecule has 2 atom stereocenters. The molecule has 26 heavy (non-hydrogen) atoms. The van der Waals surface area contributed by atoms with Crippen molar-refractivity contribution in [2.75, 3.05) is 31.9 Å². The highest BCUT2D eigenvalue weighted by Gasteiger charge is 2.60. The number of benzene rings is 1. The van der Waals surface area contributed by atoms with Gasteiger partial charge in [-0.1, -0.05) is 30.3 Å². The predicted octanol–water partition coefficient (Wildman–Crippen LogP) is 0.814. The first-order valence-electron chi connectivity index (χ1n) is 8.81. The lowest BCUT2D eigenvalue weighted by atomic mass is 9.81. The van der Waals surface area contributed by atoms with Gasteiger partial charge < -0.3 is 10.0 Å². The third-order valence-corrected chi connectivity index (χ3v) is 7.38. The van der Waals surface area contributed by atoms with E-state index in [0.29, 0.717) is 19.4 Å². The van der Waals surface area contributed by atoms with Gasteiger partial charge in [0.15, 0.2) is 0 Å². The van der Waals surface area contributed by atoms with Crippen LogP contribution in [0.3, 0.4) is 0 Å². The molecule has 0 spiro atoms. The Morgan fingerprint density at radius 2 is 1.88 bits per heavy atom. The number of hydrogen-bond donors (Lipinski definition) is 1. The number of aryl methyl sites for hydroxylation is 1. The molecule has 0 saturated carbocycles. The van der Waals surface area contributed by atoms with E-state index in [1.807, 2.05) is 30.3 Å². The highest BCUT2D eigenvalue weighted by molar-refractivity contribution is 7.89. The standard InChI is InChI=1S/C18H24N2O5S/c1-2-26(24,25)20-11-15-10-19(12-18(15,13-20)17(22)23)16(21)9-8-14-6-4-3-5-7-14/h3-7,15H,2,8-13H2,1H3,(H,22,23)/t15-,18-/m1/s1. The van der Waals surface area contributed by atoms with Crippen molar-refractivity contribution in [1.82, 2.24) is 9.21 Å². The SMILES string of the molecule is CCS(=O)(=O)N1C[C@H]2CN(C(=O)CCc3ccccc3)C[C@@]2(C(=O)O)C1. The van der Waals surface area contributed by atoms with Gasteiger partial charge in [-0.2, -0.15) is 0 Å². The number of nitrogens with zero attached hydrogens (tertiary/aromatic N) is 2. The Kier molecular flexibility index (Phi) is 5.07. The Morgan fingerprint density at radius 3 is 2.46 bits per heavy atom. The van der Waals surface area contributed by atoms with E-state index in [-0.39, 0.29) is 37.2 Å². The van der Waals surface area contributed by atoms with E-state index < -0.39 is 21.4 Å². The zero-order chi connectivity index (χ0) is 18.9. The van der Waals surface area contributed by atoms with Crippen LogP contribution in [0.2, 0.25) is 0 Å². The van der Waals surface area contributed by atoms with Gasteiger partial charge in [0.25, 0.3) is 0 Å². The molecule has 7 nitrogen and oxygen atoms in total. The van der Waals surface area contributed by atoms with E-state index in [9.17, 15) is 23.1 Å². The van der Waals surface area contributed by atoms with Crippen LogP contribution in [0.1, 0.15) is 18.9 Å². The van der Waals surface area contributed by atoms with E-state index in [4.69, 9.17) is 0 Å². The third kappa shape index (κ3) is 3.35. The van der Waals surface area contributed by atoms with Crippen molar-refractivity contribution in [2.24, 2.45) is 11.3 Å². The summed E-state index contributed by atoms with van der Waals surface area (Å²) in [6.45, 7) is 2.05. The highest BCUT2D eigenvalue weighted by atomic mass is 32.2. The van der Waals surface area contributed by atoms with Crippen molar-refractivity contribution in [3.05, 3.63) is 35.9 Å². The van der Waals surface area contributed by atoms with Gasteiger partial charge in [-0.15, -0.1) is 0 Å². The first-order chi connectivity index (χ1) is 12.3. The number of rotatable bonds is 6. The van der Waals surface area contributed by atoms with Gasteiger partial charge in [0.05, 0.1) is 5.75 Å². The van der Waals surface area contributed by atoms with Crippen LogP contribution in [0.5, 0.6) is 0 Å². The molecule has 1 N–H and O–H groups in total. The summed E-state index contributed by atoms with van der Waals surface area (Å²) in [5.74, 6) is -1.50. The average molecular weight is 380 g/mol. The minimum absolute atomic E-state index is 0.0465. The maximum atomic E-state index is 12.6. The van der Waals surface area contributed by atoms with E-state index in [0.717, 1.165) is 5.56 Å². The van der Waals surface area contributed by atoms with Crippen LogP contribution in [0.25, 0.3) is 0 Å². The largest absolute Gasteiger partial charge is 0.481 e.